The van der Waals surface area contributed by atoms with Gasteiger partial charge in [-0.1, -0.05) is 13.0 Å². The van der Waals surface area contributed by atoms with E-state index in [1.165, 1.54) is 5.56 Å². The van der Waals surface area contributed by atoms with Crippen LogP contribution in [0.25, 0.3) is 0 Å². The Morgan fingerprint density at radius 2 is 2.00 bits per heavy atom. The molecule has 0 amide bonds. The molecular formula is C13H19ClO2. The molecule has 0 aliphatic heterocycles. The zero-order chi connectivity index (χ0) is 12.0. The van der Waals surface area contributed by atoms with Crippen molar-refractivity contribution < 1.29 is 9.47 Å². The molecule has 90 valence electrons. The number of halogens is 1. The SMILES string of the molecule is CCC(Cl)CCc1ccc(OC)cc1OC. The minimum absolute atomic E-state index is 0.242. The van der Waals surface area contributed by atoms with E-state index in [1.807, 2.05) is 18.2 Å². The van der Waals surface area contributed by atoms with Crippen molar-refractivity contribution in [3.05, 3.63) is 23.8 Å². The van der Waals surface area contributed by atoms with E-state index in [4.69, 9.17) is 21.1 Å². The molecule has 1 unspecified atom stereocenters. The second kappa shape index (κ2) is 6.64. The number of ether oxygens (including phenoxy) is 2. The predicted molar refractivity (Wildman–Crippen MR) is 67.8 cm³/mol. The van der Waals surface area contributed by atoms with Gasteiger partial charge in [0, 0.05) is 11.4 Å². The van der Waals surface area contributed by atoms with Gasteiger partial charge in [0.25, 0.3) is 0 Å². The fraction of sp³-hybridized carbons (Fsp3) is 0.538. The largest absolute Gasteiger partial charge is 0.497 e. The van der Waals surface area contributed by atoms with Crippen molar-refractivity contribution in [2.75, 3.05) is 14.2 Å². The van der Waals surface area contributed by atoms with Crippen LogP contribution in [0.1, 0.15) is 25.3 Å². The van der Waals surface area contributed by atoms with Gasteiger partial charge in [0.1, 0.15) is 11.5 Å². The monoisotopic (exact) mass is 242 g/mol. The van der Waals surface area contributed by atoms with E-state index in [-0.39, 0.29) is 5.38 Å². The maximum absolute atomic E-state index is 6.10. The lowest BCUT2D eigenvalue weighted by atomic mass is 10.1. The summed E-state index contributed by atoms with van der Waals surface area (Å²) in [5.41, 5.74) is 1.18. The predicted octanol–water partition coefficient (Wildman–Crippen LogP) is 3.65. The third-order valence-corrected chi connectivity index (χ3v) is 3.19. The molecule has 1 rings (SSSR count). The number of rotatable bonds is 6. The summed E-state index contributed by atoms with van der Waals surface area (Å²) in [6.45, 7) is 2.10. The van der Waals surface area contributed by atoms with E-state index in [9.17, 15) is 0 Å². The molecule has 0 spiro atoms. The van der Waals surface area contributed by atoms with E-state index in [0.29, 0.717) is 0 Å². The zero-order valence-electron chi connectivity index (χ0n) is 10.1. The minimum Gasteiger partial charge on any atom is -0.497 e. The van der Waals surface area contributed by atoms with Gasteiger partial charge in [0.2, 0.25) is 0 Å². The van der Waals surface area contributed by atoms with Gasteiger partial charge in [-0.3, -0.25) is 0 Å². The molecule has 0 fully saturated rings. The molecule has 0 heterocycles. The van der Waals surface area contributed by atoms with Crippen molar-refractivity contribution in [2.45, 2.75) is 31.6 Å². The lowest BCUT2D eigenvalue weighted by Gasteiger charge is -2.11. The Bertz CT molecular complexity index is 326. The number of hydrogen-bond acceptors (Lipinski definition) is 2. The highest BCUT2D eigenvalue weighted by Gasteiger charge is 2.07. The van der Waals surface area contributed by atoms with Crippen molar-refractivity contribution >= 4 is 11.6 Å². The quantitative estimate of drug-likeness (QED) is 0.709. The lowest BCUT2D eigenvalue weighted by molar-refractivity contribution is 0.390. The first kappa shape index (κ1) is 13.2. The van der Waals surface area contributed by atoms with Gasteiger partial charge in [-0.05, 0) is 30.9 Å². The molecule has 1 aromatic carbocycles. The maximum Gasteiger partial charge on any atom is 0.125 e. The average Bonchev–Trinajstić information content (AvgIpc) is 2.35. The molecule has 0 aliphatic rings. The number of methoxy groups -OCH3 is 2. The normalized spacial score (nSPS) is 12.2. The van der Waals surface area contributed by atoms with Crippen molar-refractivity contribution in [2.24, 2.45) is 0 Å². The van der Waals surface area contributed by atoms with Crippen LogP contribution in [0.2, 0.25) is 0 Å². The summed E-state index contributed by atoms with van der Waals surface area (Å²) in [6.07, 6.45) is 2.91. The molecule has 0 saturated carbocycles. The minimum atomic E-state index is 0.242. The average molecular weight is 243 g/mol. The van der Waals surface area contributed by atoms with Crippen molar-refractivity contribution in [1.29, 1.82) is 0 Å². The number of alkyl halides is 1. The van der Waals surface area contributed by atoms with Crippen LogP contribution >= 0.6 is 11.6 Å². The van der Waals surface area contributed by atoms with Crippen LogP contribution in [0, 0.1) is 0 Å². The molecule has 0 saturated heterocycles. The molecule has 0 N–H and O–H groups in total. The van der Waals surface area contributed by atoms with Crippen LogP contribution in [-0.4, -0.2) is 19.6 Å². The molecule has 16 heavy (non-hydrogen) atoms. The standard InChI is InChI=1S/C13H19ClO2/c1-4-11(14)7-5-10-6-8-12(15-2)9-13(10)16-3/h6,8-9,11H,4-5,7H2,1-3H3. The van der Waals surface area contributed by atoms with Crippen molar-refractivity contribution in [1.82, 2.24) is 0 Å². The molecule has 0 radical (unpaired) electrons. The number of hydrogen-bond donors (Lipinski definition) is 0. The van der Waals surface area contributed by atoms with Crippen LogP contribution in [0.3, 0.4) is 0 Å². The number of benzene rings is 1. The van der Waals surface area contributed by atoms with Crippen LogP contribution in [0.15, 0.2) is 18.2 Å². The summed E-state index contributed by atoms with van der Waals surface area (Å²) < 4.78 is 10.5. The summed E-state index contributed by atoms with van der Waals surface area (Å²) in [5, 5.41) is 0.242. The van der Waals surface area contributed by atoms with Crippen LogP contribution in [0.5, 0.6) is 11.5 Å². The van der Waals surface area contributed by atoms with E-state index in [2.05, 4.69) is 6.92 Å². The third-order valence-electron chi connectivity index (χ3n) is 2.66. The Labute approximate surface area is 103 Å². The first-order valence-corrected chi connectivity index (χ1v) is 5.99. The molecule has 1 atom stereocenters. The molecule has 1 aromatic rings. The second-order valence-electron chi connectivity index (χ2n) is 3.72. The second-order valence-corrected chi connectivity index (χ2v) is 4.34. The lowest BCUT2D eigenvalue weighted by Crippen LogP contribution is -2.00. The first-order chi connectivity index (χ1) is 7.71. The zero-order valence-corrected chi connectivity index (χ0v) is 10.9. The van der Waals surface area contributed by atoms with Gasteiger partial charge in [-0.15, -0.1) is 11.6 Å². The third kappa shape index (κ3) is 3.60. The topological polar surface area (TPSA) is 18.5 Å². The van der Waals surface area contributed by atoms with Crippen molar-refractivity contribution in [3.63, 3.8) is 0 Å². The van der Waals surface area contributed by atoms with Crippen LogP contribution in [-0.2, 0) is 6.42 Å². The highest BCUT2D eigenvalue weighted by Crippen LogP contribution is 2.26. The summed E-state index contributed by atoms with van der Waals surface area (Å²) in [5.74, 6) is 1.69. The Hall–Kier alpha value is -0.890. The van der Waals surface area contributed by atoms with E-state index in [0.717, 1.165) is 30.8 Å². The van der Waals surface area contributed by atoms with Gasteiger partial charge in [-0.25, -0.2) is 0 Å². The van der Waals surface area contributed by atoms with Gasteiger partial charge in [-0.2, -0.15) is 0 Å². The van der Waals surface area contributed by atoms with Crippen LogP contribution in [0.4, 0.5) is 0 Å². The van der Waals surface area contributed by atoms with Gasteiger partial charge >= 0.3 is 0 Å². The summed E-state index contributed by atoms with van der Waals surface area (Å²) in [6, 6.07) is 5.90. The van der Waals surface area contributed by atoms with E-state index in [1.54, 1.807) is 14.2 Å². The summed E-state index contributed by atoms with van der Waals surface area (Å²) in [7, 11) is 3.33. The molecular weight excluding hydrogens is 224 g/mol. The molecule has 2 nitrogen and oxygen atoms in total. The van der Waals surface area contributed by atoms with Gasteiger partial charge < -0.3 is 9.47 Å². The highest BCUT2D eigenvalue weighted by molar-refractivity contribution is 6.20. The van der Waals surface area contributed by atoms with Gasteiger partial charge in [0.05, 0.1) is 14.2 Å². The maximum atomic E-state index is 6.10. The molecule has 0 aromatic heterocycles. The van der Waals surface area contributed by atoms with E-state index >= 15 is 0 Å². The Morgan fingerprint density at radius 3 is 2.56 bits per heavy atom. The summed E-state index contributed by atoms with van der Waals surface area (Å²) in [4.78, 5) is 0. The molecule has 0 bridgehead atoms. The van der Waals surface area contributed by atoms with E-state index < -0.39 is 0 Å². The van der Waals surface area contributed by atoms with Crippen molar-refractivity contribution in [3.8, 4) is 11.5 Å². The summed E-state index contributed by atoms with van der Waals surface area (Å²) >= 11 is 6.10. The molecule has 0 aliphatic carbocycles. The Kier molecular flexibility index (Phi) is 5.47. The highest BCUT2D eigenvalue weighted by atomic mass is 35.5. The fourth-order valence-electron chi connectivity index (χ4n) is 1.57. The fourth-order valence-corrected chi connectivity index (χ4v) is 1.68. The number of aryl methyl sites for hydroxylation is 1. The van der Waals surface area contributed by atoms with Gasteiger partial charge in [0.15, 0.2) is 0 Å². The molecule has 3 heteroatoms. The Balaban J connectivity index is 2.71. The smallest absolute Gasteiger partial charge is 0.125 e. The first-order valence-electron chi connectivity index (χ1n) is 5.56. The Morgan fingerprint density at radius 1 is 1.25 bits per heavy atom. The van der Waals surface area contributed by atoms with Crippen LogP contribution < -0.4 is 9.47 Å².